The van der Waals surface area contributed by atoms with Gasteiger partial charge in [-0.25, -0.2) is 0 Å². The van der Waals surface area contributed by atoms with Crippen LogP contribution in [0.1, 0.15) is 29.6 Å². The van der Waals surface area contributed by atoms with E-state index in [1.54, 1.807) is 18.2 Å². The van der Waals surface area contributed by atoms with Crippen molar-refractivity contribution < 1.29 is 4.79 Å². The molecular formula is C14H16BrCl2NO. The van der Waals surface area contributed by atoms with E-state index in [-0.39, 0.29) is 5.91 Å². The molecule has 1 N–H and O–H groups in total. The Balaban J connectivity index is 1.92. The fourth-order valence-electron chi connectivity index (χ4n) is 2.55. The lowest BCUT2D eigenvalue weighted by Gasteiger charge is -2.17. The lowest BCUT2D eigenvalue weighted by Crippen LogP contribution is -2.31. The number of hydrogen-bond donors (Lipinski definition) is 1. The lowest BCUT2D eigenvalue weighted by molar-refractivity contribution is 0.0945. The molecule has 0 aromatic heterocycles. The van der Waals surface area contributed by atoms with Crippen molar-refractivity contribution in [2.75, 3.05) is 11.9 Å². The number of benzene rings is 1. The standard InChI is InChI=1S/C14H16BrCl2NO/c15-7-10-2-1-3-11(10)8-18-14(19)9-4-5-12(16)13(17)6-9/h4-6,10-11H,1-3,7-8H2,(H,18,19). The van der Waals surface area contributed by atoms with Crippen LogP contribution >= 0.6 is 39.1 Å². The van der Waals surface area contributed by atoms with E-state index >= 15 is 0 Å². The van der Waals surface area contributed by atoms with Gasteiger partial charge < -0.3 is 5.32 Å². The SMILES string of the molecule is O=C(NCC1CCCC1CBr)c1ccc(Cl)c(Cl)c1. The van der Waals surface area contributed by atoms with E-state index in [0.717, 1.165) is 11.9 Å². The van der Waals surface area contributed by atoms with Gasteiger partial charge in [0.25, 0.3) is 5.91 Å². The zero-order chi connectivity index (χ0) is 13.8. The number of amides is 1. The van der Waals surface area contributed by atoms with Crippen molar-refractivity contribution in [2.45, 2.75) is 19.3 Å². The first kappa shape index (κ1) is 15.1. The Morgan fingerprint density at radius 1 is 1.26 bits per heavy atom. The molecular weight excluding hydrogens is 349 g/mol. The van der Waals surface area contributed by atoms with Gasteiger partial charge in [-0.2, -0.15) is 0 Å². The Bertz CT molecular complexity index is 467. The normalized spacial score (nSPS) is 22.5. The first-order chi connectivity index (χ1) is 9.11. The van der Waals surface area contributed by atoms with E-state index in [1.807, 2.05) is 0 Å². The zero-order valence-corrected chi connectivity index (χ0v) is 13.6. The van der Waals surface area contributed by atoms with Crippen LogP contribution in [0, 0.1) is 11.8 Å². The number of hydrogen-bond acceptors (Lipinski definition) is 1. The minimum Gasteiger partial charge on any atom is -0.352 e. The molecule has 2 rings (SSSR count). The summed E-state index contributed by atoms with van der Waals surface area (Å²) >= 11 is 15.3. The van der Waals surface area contributed by atoms with Gasteiger partial charge in [0, 0.05) is 17.4 Å². The molecule has 0 spiro atoms. The largest absolute Gasteiger partial charge is 0.352 e. The number of nitrogens with one attached hydrogen (secondary N) is 1. The number of alkyl halides is 1. The zero-order valence-electron chi connectivity index (χ0n) is 10.5. The van der Waals surface area contributed by atoms with Crippen LogP contribution in [-0.2, 0) is 0 Å². The van der Waals surface area contributed by atoms with Gasteiger partial charge in [-0.1, -0.05) is 45.6 Å². The van der Waals surface area contributed by atoms with Crippen molar-refractivity contribution in [3.63, 3.8) is 0 Å². The second kappa shape index (κ2) is 6.96. The first-order valence-electron chi connectivity index (χ1n) is 6.41. The summed E-state index contributed by atoms with van der Waals surface area (Å²) in [5, 5.41) is 4.88. The Labute approximate surface area is 132 Å². The fourth-order valence-corrected chi connectivity index (χ4v) is 3.70. The summed E-state index contributed by atoms with van der Waals surface area (Å²) in [4.78, 5) is 12.0. The molecule has 0 bridgehead atoms. The molecule has 2 nitrogen and oxygen atoms in total. The van der Waals surface area contributed by atoms with E-state index in [1.165, 1.54) is 19.3 Å². The Kier molecular flexibility index (Phi) is 5.55. The smallest absolute Gasteiger partial charge is 0.251 e. The van der Waals surface area contributed by atoms with Gasteiger partial charge in [0.05, 0.1) is 10.0 Å². The molecule has 1 aromatic rings. The highest BCUT2D eigenvalue weighted by Crippen LogP contribution is 2.32. The van der Waals surface area contributed by atoms with Crippen LogP contribution in [0.15, 0.2) is 18.2 Å². The average Bonchev–Trinajstić information content (AvgIpc) is 2.86. The van der Waals surface area contributed by atoms with Gasteiger partial charge in [0.2, 0.25) is 0 Å². The second-order valence-electron chi connectivity index (χ2n) is 4.94. The number of rotatable bonds is 4. The third-order valence-corrected chi connectivity index (χ3v) is 5.29. The van der Waals surface area contributed by atoms with E-state index in [0.29, 0.717) is 27.4 Å². The summed E-state index contributed by atoms with van der Waals surface area (Å²) in [5.74, 6) is 1.17. The minimum absolute atomic E-state index is 0.0845. The van der Waals surface area contributed by atoms with E-state index in [9.17, 15) is 4.79 Å². The van der Waals surface area contributed by atoms with Crippen LogP contribution in [-0.4, -0.2) is 17.8 Å². The first-order valence-corrected chi connectivity index (χ1v) is 8.28. The van der Waals surface area contributed by atoms with Gasteiger partial charge >= 0.3 is 0 Å². The highest BCUT2D eigenvalue weighted by atomic mass is 79.9. The molecule has 0 heterocycles. The average molecular weight is 365 g/mol. The highest BCUT2D eigenvalue weighted by molar-refractivity contribution is 9.09. The maximum atomic E-state index is 12.0. The van der Waals surface area contributed by atoms with E-state index in [2.05, 4.69) is 21.2 Å². The Hall–Kier alpha value is -0.250. The van der Waals surface area contributed by atoms with Crippen molar-refractivity contribution in [2.24, 2.45) is 11.8 Å². The third kappa shape index (κ3) is 3.87. The van der Waals surface area contributed by atoms with Crippen molar-refractivity contribution >= 4 is 45.0 Å². The molecule has 1 amide bonds. The van der Waals surface area contributed by atoms with Crippen molar-refractivity contribution in [1.29, 1.82) is 0 Å². The minimum atomic E-state index is -0.0845. The molecule has 0 saturated heterocycles. The van der Waals surface area contributed by atoms with E-state index < -0.39 is 0 Å². The predicted octanol–water partition coefficient (Wildman–Crippen LogP) is 4.53. The second-order valence-corrected chi connectivity index (χ2v) is 6.41. The lowest BCUT2D eigenvalue weighted by atomic mass is 9.98. The van der Waals surface area contributed by atoms with Crippen LogP contribution in [0.4, 0.5) is 0 Å². The van der Waals surface area contributed by atoms with Crippen molar-refractivity contribution in [1.82, 2.24) is 5.32 Å². The summed E-state index contributed by atoms with van der Waals surface area (Å²) in [6.45, 7) is 0.731. The van der Waals surface area contributed by atoms with Gasteiger partial charge in [0.1, 0.15) is 0 Å². The molecule has 1 aliphatic rings. The molecule has 5 heteroatoms. The molecule has 1 aliphatic carbocycles. The molecule has 1 saturated carbocycles. The molecule has 0 radical (unpaired) electrons. The summed E-state index contributed by atoms with van der Waals surface area (Å²) < 4.78 is 0. The maximum absolute atomic E-state index is 12.0. The Morgan fingerprint density at radius 3 is 2.68 bits per heavy atom. The summed E-state index contributed by atoms with van der Waals surface area (Å²) in [6, 6.07) is 4.95. The summed E-state index contributed by atoms with van der Waals surface area (Å²) in [6.07, 6.45) is 3.69. The monoisotopic (exact) mass is 363 g/mol. The van der Waals surface area contributed by atoms with Crippen molar-refractivity contribution in [3.05, 3.63) is 33.8 Å². The molecule has 0 aliphatic heterocycles. The fraction of sp³-hybridized carbons (Fsp3) is 0.500. The van der Waals surface area contributed by atoms with Gasteiger partial charge in [0.15, 0.2) is 0 Å². The molecule has 2 unspecified atom stereocenters. The molecule has 1 aromatic carbocycles. The highest BCUT2D eigenvalue weighted by Gasteiger charge is 2.26. The number of halogens is 3. The molecule has 2 atom stereocenters. The van der Waals surface area contributed by atoms with E-state index in [4.69, 9.17) is 23.2 Å². The summed E-state index contributed by atoms with van der Waals surface area (Å²) in [7, 11) is 0. The number of carbonyl (C=O) groups excluding carboxylic acids is 1. The van der Waals surface area contributed by atoms with Gasteiger partial charge in [-0.05, 0) is 42.9 Å². The predicted molar refractivity (Wildman–Crippen MR) is 83.4 cm³/mol. The van der Waals surface area contributed by atoms with Gasteiger partial charge in [-0.3, -0.25) is 4.79 Å². The van der Waals surface area contributed by atoms with Gasteiger partial charge in [-0.15, -0.1) is 0 Å². The topological polar surface area (TPSA) is 29.1 Å². The van der Waals surface area contributed by atoms with Crippen LogP contribution in [0.25, 0.3) is 0 Å². The quantitative estimate of drug-likeness (QED) is 0.781. The van der Waals surface area contributed by atoms with Crippen LogP contribution in [0.3, 0.4) is 0 Å². The van der Waals surface area contributed by atoms with Crippen LogP contribution in [0.2, 0.25) is 10.0 Å². The molecule has 1 fully saturated rings. The third-order valence-electron chi connectivity index (χ3n) is 3.72. The van der Waals surface area contributed by atoms with Crippen LogP contribution < -0.4 is 5.32 Å². The molecule has 104 valence electrons. The van der Waals surface area contributed by atoms with Crippen LogP contribution in [0.5, 0.6) is 0 Å². The Morgan fingerprint density at radius 2 is 2.00 bits per heavy atom. The molecule has 19 heavy (non-hydrogen) atoms. The number of carbonyl (C=O) groups is 1. The van der Waals surface area contributed by atoms with Crippen molar-refractivity contribution in [3.8, 4) is 0 Å². The summed E-state index contributed by atoms with van der Waals surface area (Å²) in [5.41, 5.74) is 0.558. The maximum Gasteiger partial charge on any atom is 0.251 e.